The van der Waals surface area contributed by atoms with E-state index in [1.165, 1.54) is 0 Å². The van der Waals surface area contributed by atoms with Crippen molar-refractivity contribution in [2.45, 2.75) is 17.5 Å². The van der Waals surface area contributed by atoms with E-state index < -0.39 is 18.2 Å². The molecular formula is C11H13BrO4. The third-order valence-corrected chi connectivity index (χ3v) is 2.86. The van der Waals surface area contributed by atoms with Crippen LogP contribution in [0.25, 0.3) is 0 Å². The van der Waals surface area contributed by atoms with Crippen LogP contribution in [0.1, 0.15) is 17.2 Å². The van der Waals surface area contributed by atoms with Crippen LogP contribution in [-0.2, 0) is 14.9 Å². The first-order valence-corrected chi connectivity index (χ1v) is 5.81. The Bertz CT molecular complexity index is 367. The van der Waals surface area contributed by atoms with Gasteiger partial charge in [-0.05, 0) is 11.1 Å². The molecule has 1 rings (SSSR count). The monoisotopic (exact) mass is 288 g/mol. The van der Waals surface area contributed by atoms with E-state index in [0.717, 1.165) is 12.7 Å². The lowest BCUT2D eigenvalue weighted by Crippen LogP contribution is -2.29. The largest absolute Gasteiger partial charge is 0.467 e. The predicted octanol–water partition coefficient (Wildman–Crippen LogP) is 1.15. The van der Waals surface area contributed by atoms with Crippen LogP contribution in [0.5, 0.6) is 0 Å². The zero-order valence-electron chi connectivity index (χ0n) is 8.76. The SMILES string of the molecule is COC(=O)C(O)C(O)c1ccccc1CBr. The second-order valence-electron chi connectivity index (χ2n) is 3.25. The summed E-state index contributed by atoms with van der Waals surface area (Å²) < 4.78 is 4.37. The summed E-state index contributed by atoms with van der Waals surface area (Å²) in [7, 11) is 1.16. The molecule has 4 nitrogen and oxygen atoms in total. The van der Waals surface area contributed by atoms with Crippen LogP contribution in [0.15, 0.2) is 24.3 Å². The molecule has 1 aromatic rings. The van der Waals surface area contributed by atoms with E-state index in [2.05, 4.69) is 20.7 Å². The highest BCUT2D eigenvalue weighted by Crippen LogP contribution is 2.23. The average Bonchev–Trinajstić information content (AvgIpc) is 2.35. The highest BCUT2D eigenvalue weighted by molar-refractivity contribution is 9.08. The Balaban J connectivity index is 2.95. The van der Waals surface area contributed by atoms with Crippen molar-refractivity contribution in [2.24, 2.45) is 0 Å². The van der Waals surface area contributed by atoms with Crippen molar-refractivity contribution >= 4 is 21.9 Å². The van der Waals surface area contributed by atoms with Crippen LogP contribution < -0.4 is 0 Å². The first-order valence-electron chi connectivity index (χ1n) is 4.69. The Morgan fingerprint density at radius 1 is 1.44 bits per heavy atom. The maximum Gasteiger partial charge on any atom is 0.337 e. The van der Waals surface area contributed by atoms with Gasteiger partial charge in [0.2, 0.25) is 0 Å². The lowest BCUT2D eigenvalue weighted by molar-refractivity contribution is -0.156. The number of methoxy groups -OCH3 is 1. The Kier molecular flexibility index (Phi) is 4.92. The fourth-order valence-corrected chi connectivity index (χ4v) is 1.87. The zero-order chi connectivity index (χ0) is 12.1. The quantitative estimate of drug-likeness (QED) is 0.644. The van der Waals surface area contributed by atoms with Gasteiger partial charge < -0.3 is 14.9 Å². The van der Waals surface area contributed by atoms with Gasteiger partial charge in [0.05, 0.1) is 7.11 Å². The van der Waals surface area contributed by atoms with Crippen molar-refractivity contribution in [2.75, 3.05) is 7.11 Å². The standard InChI is InChI=1S/C11H13BrO4/c1-16-11(15)10(14)9(13)8-5-3-2-4-7(8)6-12/h2-5,9-10,13-14H,6H2,1H3. The molecule has 0 saturated heterocycles. The van der Waals surface area contributed by atoms with E-state index in [4.69, 9.17) is 0 Å². The third kappa shape index (κ3) is 2.81. The molecule has 0 spiro atoms. The average molecular weight is 289 g/mol. The van der Waals surface area contributed by atoms with Gasteiger partial charge in [0.1, 0.15) is 6.10 Å². The van der Waals surface area contributed by atoms with Gasteiger partial charge in [0, 0.05) is 5.33 Å². The van der Waals surface area contributed by atoms with Crippen molar-refractivity contribution in [1.82, 2.24) is 0 Å². The van der Waals surface area contributed by atoms with Crippen LogP contribution >= 0.6 is 15.9 Å². The van der Waals surface area contributed by atoms with Crippen LogP contribution in [0.2, 0.25) is 0 Å². The predicted molar refractivity (Wildman–Crippen MR) is 62.1 cm³/mol. The Labute approximate surface area is 102 Å². The summed E-state index contributed by atoms with van der Waals surface area (Å²) in [5.74, 6) is -0.850. The molecule has 0 heterocycles. The summed E-state index contributed by atoms with van der Waals surface area (Å²) in [6.07, 6.45) is -2.84. The molecule has 0 aromatic heterocycles. The molecule has 0 amide bonds. The molecule has 16 heavy (non-hydrogen) atoms. The molecule has 2 unspecified atom stereocenters. The lowest BCUT2D eigenvalue weighted by Gasteiger charge is -2.18. The van der Waals surface area contributed by atoms with E-state index in [1.54, 1.807) is 18.2 Å². The molecule has 0 bridgehead atoms. The fourth-order valence-electron chi connectivity index (χ4n) is 1.36. The number of esters is 1. The van der Waals surface area contributed by atoms with Crippen molar-refractivity contribution in [1.29, 1.82) is 0 Å². The van der Waals surface area contributed by atoms with Crippen LogP contribution in [0, 0.1) is 0 Å². The van der Waals surface area contributed by atoms with Crippen molar-refractivity contribution in [3.05, 3.63) is 35.4 Å². The number of halogens is 1. The second-order valence-corrected chi connectivity index (χ2v) is 3.81. The number of carbonyl (C=O) groups excluding carboxylic acids is 1. The van der Waals surface area contributed by atoms with Gasteiger partial charge in [-0.2, -0.15) is 0 Å². The Morgan fingerprint density at radius 3 is 2.62 bits per heavy atom. The molecule has 0 aliphatic carbocycles. The molecular weight excluding hydrogens is 276 g/mol. The normalized spacial score (nSPS) is 14.2. The van der Waals surface area contributed by atoms with Crippen molar-refractivity contribution < 1.29 is 19.7 Å². The van der Waals surface area contributed by atoms with E-state index in [9.17, 15) is 15.0 Å². The summed E-state index contributed by atoms with van der Waals surface area (Å²) >= 11 is 3.27. The molecule has 0 aliphatic heterocycles. The smallest absolute Gasteiger partial charge is 0.337 e. The van der Waals surface area contributed by atoms with Gasteiger partial charge in [-0.3, -0.25) is 0 Å². The molecule has 0 radical (unpaired) electrons. The molecule has 0 aliphatic rings. The van der Waals surface area contributed by atoms with Gasteiger partial charge in [-0.1, -0.05) is 40.2 Å². The van der Waals surface area contributed by atoms with Crippen molar-refractivity contribution in [3.8, 4) is 0 Å². The second kappa shape index (κ2) is 5.98. The molecule has 88 valence electrons. The summed E-state index contributed by atoms with van der Waals surface area (Å²) in [6.45, 7) is 0. The number of alkyl halides is 1. The third-order valence-electron chi connectivity index (χ3n) is 2.26. The highest BCUT2D eigenvalue weighted by atomic mass is 79.9. The molecule has 2 atom stereocenters. The fraction of sp³-hybridized carbons (Fsp3) is 0.364. The molecule has 0 fully saturated rings. The zero-order valence-corrected chi connectivity index (χ0v) is 10.3. The topological polar surface area (TPSA) is 66.8 Å². The number of rotatable bonds is 4. The number of hydrogen-bond donors (Lipinski definition) is 2. The van der Waals surface area contributed by atoms with Gasteiger partial charge in [0.25, 0.3) is 0 Å². The van der Waals surface area contributed by atoms with Gasteiger partial charge >= 0.3 is 5.97 Å². The van der Waals surface area contributed by atoms with E-state index in [-0.39, 0.29) is 0 Å². The summed E-state index contributed by atoms with van der Waals surface area (Å²) in [5, 5.41) is 19.9. The minimum Gasteiger partial charge on any atom is -0.467 e. The Hall–Kier alpha value is -0.910. The molecule has 2 N–H and O–H groups in total. The lowest BCUT2D eigenvalue weighted by atomic mass is 10.00. The van der Waals surface area contributed by atoms with Crippen LogP contribution in [-0.4, -0.2) is 29.4 Å². The van der Waals surface area contributed by atoms with Crippen LogP contribution in [0.3, 0.4) is 0 Å². The number of aliphatic hydroxyl groups excluding tert-OH is 2. The number of ether oxygens (including phenoxy) is 1. The minimum atomic E-state index is -1.56. The van der Waals surface area contributed by atoms with E-state index in [1.807, 2.05) is 6.07 Å². The van der Waals surface area contributed by atoms with Gasteiger partial charge in [-0.15, -0.1) is 0 Å². The number of hydrogen-bond acceptors (Lipinski definition) is 4. The number of carbonyl (C=O) groups is 1. The van der Waals surface area contributed by atoms with E-state index >= 15 is 0 Å². The maximum atomic E-state index is 11.1. The summed E-state index contributed by atoms with van der Waals surface area (Å²) in [5.41, 5.74) is 1.33. The van der Waals surface area contributed by atoms with Gasteiger partial charge in [0.15, 0.2) is 6.10 Å². The van der Waals surface area contributed by atoms with E-state index in [0.29, 0.717) is 10.9 Å². The highest BCUT2D eigenvalue weighted by Gasteiger charge is 2.27. The number of aliphatic hydroxyl groups is 2. The Morgan fingerprint density at radius 2 is 2.06 bits per heavy atom. The first-order chi connectivity index (χ1) is 7.61. The number of benzene rings is 1. The first kappa shape index (κ1) is 13.2. The molecule has 5 heteroatoms. The summed E-state index contributed by atoms with van der Waals surface area (Å²) in [6, 6.07) is 7.01. The maximum absolute atomic E-state index is 11.1. The van der Waals surface area contributed by atoms with Gasteiger partial charge in [-0.25, -0.2) is 4.79 Å². The van der Waals surface area contributed by atoms with Crippen LogP contribution in [0.4, 0.5) is 0 Å². The molecule has 0 saturated carbocycles. The summed E-state index contributed by atoms with van der Waals surface area (Å²) in [4.78, 5) is 11.1. The van der Waals surface area contributed by atoms with Crippen molar-refractivity contribution in [3.63, 3.8) is 0 Å². The molecule has 1 aromatic carbocycles. The minimum absolute atomic E-state index is 0.511.